The van der Waals surface area contributed by atoms with Gasteiger partial charge in [-0.25, -0.2) is 0 Å². The van der Waals surface area contributed by atoms with Crippen molar-refractivity contribution in [3.8, 4) is 11.5 Å². The zero-order chi connectivity index (χ0) is 13.9. The van der Waals surface area contributed by atoms with Crippen molar-refractivity contribution >= 4 is 11.4 Å². The topological polar surface area (TPSA) is 47.7 Å². The maximum Gasteiger partial charge on any atom is 0.163 e. The van der Waals surface area contributed by atoms with Gasteiger partial charge in [0.2, 0.25) is 0 Å². The van der Waals surface area contributed by atoms with E-state index in [4.69, 9.17) is 15.2 Å². The fraction of sp³-hybridized carbons (Fsp3) is 0.625. The first-order valence-corrected chi connectivity index (χ1v) is 7.72. The van der Waals surface area contributed by atoms with Crippen LogP contribution in [0.15, 0.2) is 12.1 Å². The Morgan fingerprint density at radius 2 is 1.90 bits per heavy atom. The van der Waals surface area contributed by atoms with E-state index < -0.39 is 0 Å². The van der Waals surface area contributed by atoms with E-state index in [1.54, 1.807) is 0 Å². The zero-order valence-electron chi connectivity index (χ0n) is 12.2. The number of hydrogen-bond acceptors (Lipinski definition) is 4. The van der Waals surface area contributed by atoms with Gasteiger partial charge in [-0.3, -0.25) is 0 Å². The molecule has 1 unspecified atom stereocenters. The van der Waals surface area contributed by atoms with Crippen LogP contribution in [0.5, 0.6) is 11.5 Å². The number of anilines is 2. The predicted molar refractivity (Wildman–Crippen MR) is 81.7 cm³/mol. The predicted octanol–water partition coefficient (Wildman–Crippen LogP) is 3.06. The molecule has 0 aliphatic carbocycles. The molecule has 2 aliphatic rings. The second kappa shape index (κ2) is 5.81. The van der Waals surface area contributed by atoms with Gasteiger partial charge in [0.1, 0.15) is 13.2 Å². The third-order valence-electron chi connectivity index (χ3n) is 4.46. The number of nitrogens with two attached hydrogens (primary N) is 1. The van der Waals surface area contributed by atoms with E-state index >= 15 is 0 Å². The summed E-state index contributed by atoms with van der Waals surface area (Å²) in [6.07, 6.45) is 5.11. The Morgan fingerprint density at radius 1 is 1.15 bits per heavy atom. The maximum absolute atomic E-state index is 6.22. The molecule has 0 spiro atoms. The molecule has 4 nitrogen and oxygen atoms in total. The van der Waals surface area contributed by atoms with Gasteiger partial charge in [-0.1, -0.05) is 13.3 Å². The van der Waals surface area contributed by atoms with E-state index in [1.807, 2.05) is 6.07 Å². The first kappa shape index (κ1) is 13.4. The molecule has 2 aliphatic heterocycles. The molecule has 1 aromatic carbocycles. The third-order valence-corrected chi connectivity index (χ3v) is 4.46. The standard InChI is InChI=1S/C16H24N2O2/c1-2-12-4-3-6-18(7-5-12)14-11-16-15(10-13(14)17)19-8-9-20-16/h10-12H,2-9,17H2,1H3. The van der Waals surface area contributed by atoms with Crippen LogP contribution in [0.25, 0.3) is 0 Å². The highest BCUT2D eigenvalue weighted by molar-refractivity contribution is 5.73. The summed E-state index contributed by atoms with van der Waals surface area (Å²) in [5.74, 6) is 2.47. The van der Waals surface area contributed by atoms with Crippen LogP contribution in [-0.4, -0.2) is 26.3 Å². The lowest BCUT2D eigenvalue weighted by Gasteiger charge is -2.27. The number of fused-ring (bicyclic) bond motifs is 1. The van der Waals surface area contributed by atoms with Gasteiger partial charge in [0.05, 0.1) is 11.4 Å². The van der Waals surface area contributed by atoms with Gasteiger partial charge < -0.3 is 20.1 Å². The van der Waals surface area contributed by atoms with Crippen molar-refractivity contribution in [2.75, 3.05) is 36.9 Å². The van der Waals surface area contributed by atoms with Crippen LogP contribution in [0, 0.1) is 5.92 Å². The molecule has 20 heavy (non-hydrogen) atoms. The van der Waals surface area contributed by atoms with Crippen molar-refractivity contribution in [3.63, 3.8) is 0 Å². The largest absolute Gasteiger partial charge is 0.486 e. The summed E-state index contributed by atoms with van der Waals surface area (Å²) in [6.45, 7) is 5.68. The van der Waals surface area contributed by atoms with Gasteiger partial charge in [0.25, 0.3) is 0 Å². The summed E-state index contributed by atoms with van der Waals surface area (Å²) in [6, 6.07) is 3.96. The second-order valence-electron chi connectivity index (χ2n) is 5.75. The first-order valence-electron chi connectivity index (χ1n) is 7.72. The van der Waals surface area contributed by atoms with Crippen molar-refractivity contribution < 1.29 is 9.47 Å². The van der Waals surface area contributed by atoms with Crippen LogP contribution in [0.2, 0.25) is 0 Å². The van der Waals surface area contributed by atoms with Crippen LogP contribution < -0.4 is 20.1 Å². The fourth-order valence-electron chi connectivity index (χ4n) is 3.18. The lowest BCUT2D eigenvalue weighted by atomic mass is 9.98. The summed E-state index contributed by atoms with van der Waals surface area (Å²) >= 11 is 0. The van der Waals surface area contributed by atoms with Crippen molar-refractivity contribution in [1.82, 2.24) is 0 Å². The number of benzene rings is 1. The molecular formula is C16H24N2O2. The summed E-state index contributed by atoms with van der Waals surface area (Å²) in [5.41, 5.74) is 8.11. The van der Waals surface area contributed by atoms with Crippen LogP contribution >= 0.6 is 0 Å². The number of nitrogens with zero attached hydrogens (tertiary/aromatic N) is 1. The molecule has 0 amide bonds. The summed E-state index contributed by atoms with van der Waals surface area (Å²) in [7, 11) is 0. The monoisotopic (exact) mass is 276 g/mol. The Kier molecular flexibility index (Phi) is 3.90. The van der Waals surface area contributed by atoms with E-state index in [0.29, 0.717) is 13.2 Å². The van der Waals surface area contributed by atoms with Crippen LogP contribution in [-0.2, 0) is 0 Å². The third kappa shape index (κ3) is 2.65. The minimum Gasteiger partial charge on any atom is -0.486 e. The van der Waals surface area contributed by atoms with E-state index in [-0.39, 0.29) is 0 Å². The Bertz CT molecular complexity index is 476. The Balaban J connectivity index is 1.82. The average molecular weight is 276 g/mol. The molecule has 1 saturated heterocycles. The Morgan fingerprint density at radius 3 is 2.65 bits per heavy atom. The number of nitrogen functional groups attached to an aromatic ring is 1. The number of hydrogen-bond donors (Lipinski definition) is 1. The second-order valence-corrected chi connectivity index (χ2v) is 5.75. The fourth-order valence-corrected chi connectivity index (χ4v) is 3.18. The highest BCUT2D eigenvalue weighted by Crippen LogP contribution is 2.39. The lowest BCUT2D eigenvalue weighted by Crippen LogP contribution is -2.26. The average Bonchev–Trinajstić information content (AvgIpc) is 2.72. The highest BCUT2D eigenvalue weighted by atomic mass is 16.6. The Hall–Kier alpha value is -1.58. The SMILES string of the molecule is CCC1CCCN(c2cc3c(cc2N)OCCO3)CC1. The quantitative estimate of drug-likeness (QED) is 0.843. The van der Waals surface area contributed by atoms with Gasteiger partial charge >= 0.3 is 0 Å². The lowest BCUT2D eigenvalue weighted by molar-refractivity contribution is 0.172. The molecule has 1 aromatic rings. The molecular weight excluding hydrogens is 252 g/mol. The number of rotatable bonds is 2. The van der Waals surface area contributed by atoms with Gasteiger partial charge in [-0.05, 0) is 25.2 Å². The van der Waals surface area contributed by atoms with Crippen molar-refractivity contribution in [2.45, 2.75) is 32.6 Å². The number of ether oxygens (including phenoxy) is 2. The van der Waals surface area contributed by atoms with Crippen LogP contribution in [0.4, 0.5) is 11.4 Å². The summed E-state index contributed by atoms with van der Waals surface area (Å²) in [5, 5.41) is 0. The summed E-state index contributed by atoms with van der Waals surface area (Å²) in [4.78, 5) is 2.41. The molecule has 0 radical (unpaired) electrons. The smallest absolute Gasteiger partial charge is 0.163 e. The molecule has 1 atom stereocenters. The molecule has 1 fully saturated rings. The molecule has 0 saturated carbocycles. The van der Waals surface area contributed by atoms with Gasteiger partial charge in [0.15, 0.2) is 11.5 Å². The van der Waals surface area contributed by atoms with Gasteiger partial charge in [-0.2, -0.15) is 0 Å². The van der Waals surface area contributed by atoms with Crippen molar-refractivity contribution in [1.29, 1.82) is 0 Å². The van der Waals surface area contributed by atoms with E-state index in [1.165, 1.54) is 25.7 Å². The van der Waals surface area contributed by atoms with E-state index in [9.17, 15) is 0 Å². The molecule has 110 valence electrons. The van der Waals surface area contributed by atoms with Gasteiger partial charge in [0, 0.05) is 25.2 Å². The highest BCUT2D eigenvalue weighted by Gasteiger charge is 2.21. The van der Waals surface area contributed by atoms with Crippen LogP contribution in [0.3, 0.4) is 0 Å². The molecule has 0 aromatic heterocycles. The first-order chi connectivity index (χ1) is 9.78. The maximum atomic E-state index is 6.22. The molecule has 4 heteroatoms. The summed E-state index contributed by atoms with van der Waals surface area (Å²) < 4.78 is 11.3. The van der Waals surface area contributed by atoms with E-state index in [0.717, 1.165) is 41.9 Å². The van der Waals surface area contributed by atoms with Crippen molar-refractivity contribution in [3.05, 3.63) is 12.1 Å². The molecule has 2 N–H and O–H groups in total. The molecule has 2 heterocycles. The van der Waals surface area contributed by atoms with Gasteiger partial charge in [-0.15, -0.1) is 0 Å². The zero-order valence-corrected chi connectivity index (χ0v) is 12.2. The van der Waals surface area contributed by atoms with Crippen molar-refractivity contribution in [2.24, 2.45) is 5.92 Å². The minimum absolute atomic E-state index is 0.605. The van der Waals surface area contributed by atoms with Crippen LogP contribution in [0.1, 0.15) is 32.6 Å². The normalized spacial score (nSPS) is 22.4. The Labute approximate surface area is 120 Å². The minimum atomic E-state index is 0.605. The molecule has 0 bridgehead atoms. The van der Waals surface area contributed by atoms with E-state index in [2.05, 4.69) is 17.9 Å². The molecule has 3 rings (SSSR count).